The number of rotatable bonds is 6. The number of nitrogens with zero attached hydrogens (tertiary/aromatic N) is 2. The number of hydrogen-bond acceptors (Lipinski definition) is 4. The van der Waals surface area contributed by atoms with Gasteiger partial charge in [0.1, 0.15) is 11.1 Å². The molecule has 1 N–H and O–H groups in total. The topological polar surface area (TPSA) is 73.2 Å². The highest BCUT2D eigenvalue weighted by atomic mass is 32.1. The first-order valence-electron chi connectivity index (χ1n) is 8.38. The molecule has 1 heterocycles. The van der Waals surface area contributed by atoms with Crippen LogP contribution in [0.1, 0.15) is 40.2 Å². The van der Waals surface area contributed by atoms with Crippen LogP contribution in [0.5, 0.6) is 0 Å². The molecule has 2 aromatic rings. The second-order valence-electron chi connectivity index (χ2n) is 5.58. The van der Waals surface area contributed by atoms with Crippen molar-refractivity contribution in [1.82, 2.24) is 4.90 Å². The molecular formula is C20H21N3O2S. The maximum absolute atomic E-state index is 12.6. The Morgan fingerprint density at radius 2 is 1.88 bits per heavy atom. The van der Waals surface area contributed by atoms with Crippen molar-refractivity contribution in [1.29, 1.82) is 5.26 Å². The number of carbonyl (C=O) groups excluding carboxylic acids is 2. The normalized spacial score (nSPS) is 10.5. The molecule has 134 valence electrons. The molecule has 5 nitrogen and oxygen atoms in total. The van der Waals surface area contributed by atoms with Gasteiger partial charge in [-0.25, -0.2) is 0 Å². The van der Waals surface area contributed by atoms with E-state index in [9.17, 15) is 14.9 Å². The molecule has 1 aromatic heterocycles. The van der Waals surface area contributed by atoms with Gasteiger partial charge >= 0.3 is 0 Å². The quantitative estimate of drug-likeness (QED) is 0.783. The third-order valence-corrected chi connectivity index (χ3v) is 5.16. The van der Waals surface area contributed by atoms with Crippen LogP contribution in [0.25, 0.3) is 6.08 Å². The zero-order chi connectivity index (χ0) is 19.1. The van der Waals surface area contributed by atoms with Crippen LogP contribution < -0.4 is 5.32 Å². The molecule has 0 aliphatic heterocycles. The lowest BCUT2D eigenvalue weighted by Gasteiger charge is -2.17. The van der Waals surface area contributed by atoms with E-state index < -0.39 is 0 Å². The molecule has 0 atom stereocenters. The fraction of sp³-hybridized carbons (Fsp3) is 0.250. The zero-order valence-electron chi connectivity index (χ0n) is 15.1. The average molecular weight is 367 g/mol. The smallest absolute Gasteiger partial charge is 0.264 e. The molecule has 0 spiro atoms. The minimum Gasteiger partial charge on any atom is -0.338 e. The number of amides is 2. The highest BCUT2D eigenvalue weighted by Gasteiger charge is 2.23. The SMILES string of the molecule is CCN(CC)C(=O)c1sc(NC(=O)/C=C/c2ccccc2)c(C#N)c1C. The Kier molecular flexibility index (Phi) is 6.70. The van der Waals surface area contributed by atoms with Crippen molar-refractivity contribution >= 4 is 34.2 Å². The van der Waals surface area contributed by atoms with Crippen molar-refractivity contribution < 1.29 is 9.59 Å². The summed E-state index contributed by atoms with van der Waals surface area (Å²) in [6.45, 7) is 6.74. The Bertz CT molecular complexity index is 859. The highest BCUT2D eigenvalue weighted by Crippen LogP contribution is 2.33. The van der Waals surface area contributed by atoms with Crippen LogP contribution >= 0.6 is 11.3 Å². The van der Waals surface area contributed by atoms with Gasteiger partial charge in [0, 0.05) is 19.2 Å². The van der Waals surface area contributed by atoms with Gasteiger partial charge < -0.3 is 10.2 Å². The van der Waals surface area contributed by atoms with Gasteiger partial charge in [-0.15, -0.1) is 11.3 Å². The van der Waals surface area contributed by atoms with Gasteiger partial charge in [0.25, 0.3) is 5.91 Å². The molecule has 0 saturated heterocycles. The monoisotopic (exact) mass is 367 g/mol. The van der Waals surface area contributed by atoms with Crippen molar-refractivity contribution in [2.45, 2.75) is 20.8 Å². The predicted molar refractivity (Wildman–Crippen MR) is 105 cm³/mol. The largest absolute Gasteiger partial charge is 0.338 e. The van der Waals surface area contributed by atoms with E-state index >= 15 is 0 Å². The fourth-order valence-corrected chi connectivity index (χ4v) is 3.61. The molecule has 2 amide bonds. The Labute approximate surface area is 157 Å². The third-order valence-electron chi connectivity index (χ3n) is 3.97. The van der Waals surface area contributed by atoms with Gasteiger partial charge in [-0.3, -0.25) is 9.59 Å². The van der Waals surface area contributed by atoms with Crippen LogP contribution in [-0.4, -0.2) is 29.8 Å². The first-order chi connectivity index (χ1) is 12.5. The van der Waals surface area contributed by atoms with Gasteiger partial charge in [-0.05, 0) is 38.0 Å². The average Bonchev–Trinajstić information content (AvgIpc) is 2.97. The fourth-order valence-electron chi connectivity index (χ4n) is 2.48. The maximum atomic E-state index is 12.6. The molecule has 0 aliphatic rings. The van der Waals surface area contributed by atoms with E-state index in [1.807, 2.05) is 44.2 Å². The molecule has 1 aromatic carbocycles. The Morgan fingerprint density at radius 1 is 1.23 bits per heavy atom. The molecule has 0 fully saturated rings. The van der Waals surface area contributed by atoms with Crippen molar-refractivity contribution in [2.75, 3.05) is 18.4 Å². The van der Waals surface area contributed by atoms with Gasteiger partial charge in [-0.1, -0.05) is 30.3 Å². The van der Waals surface area contributed by atoms with E-state index in [-0.39, 0.29) is 11.8 Å². The summed E-state index contributed by atoms with van der Waals surface area (Å²) in [7, 11) is 0. The van der Waals surface area contributed by atoms with Crippen LogP contribution in [0.3, 0.4) is 0 Å². The summed E-state index contributed by atoms with van der Waals surface area (Å²) in [6.07, 6.45) is 3.11. The molecule has 0 unspecified atom stereocenters. The molecular weight excluding hydrogens is 346 g/mol. The Balaban J connectivity index is 2.23. The van der Waals surface area contributed by atoms with E-state index in [0.29, 0.717) is 34.1 Å². The lowest BCUT2D eigenvalue weighted by atomic mass is 10.1. The number of benzene rings is 1. The van der Waals surface area contributed by atoms with E-state index in [1.165, 1.54) is 6.08 Å². The molecule has 0 aliphatic carbocycles. The van der Waals surface area contributed by atoms with Crippen molar-refractivity contribution in [2.24, 2.45) is 0 Å². The van der Waals surface area contributed by atoms with E-state index in [2.05, 4.69) is 11.4 Å². The molecule has 0 saturated carbocycles. The maximum Gasteiger partial charge on any atom is 0.264 e. The minimum atomic E-state index is -0.339. The molecule has 6 heteroatoms. The summed E-state index contributed by atoms with van der Waals surface area (Å²) < 4.78 is 0. The van der Waals surface area contributed by atoms with Gasteiger partial charge in [0.15, 0.2) is 0 Å². The summed E-state index contributed by atoms with van der Waals surface area (Å²) in [5.74, 6) is -0.456. The minimum absolute atomic E-state index is 0.116. The highest BCUT2D eigenvalue weighted by molar-refractivity contribution is 7.18. The molecule has 2 rings (SSSR count). The molecule has 0 radical (unpaired) electrons. The lowest BCUT2D eigenvalue weighted by molar-refractivity contribution is -0.111. The second-order valence-corrected chi connectivity index (χ2v) is 6.60. The summed E-state index contributed by atoms with van der Waals surface area (Å²) in [6, 6.07) is 11.6. The number of anilines is 1. The van der Waals surface area contributed by atoms with E-state index in [4.69, 9.17) is 0 Å². The Hall–Kier alpha value is -2.91. The number of thiophene rings is 1. The van der Waals surface area contributed by atoms with Gasteiger partial charge in [0.05, 0.1) is 10.4 Å². The summed E-state index contributed by atoms with van der Waals surface area (Å²) in [5.41, 5.74) is 1.85. The summed E-state index contributed by atoms with van der Waals surface area (Å²) in [4.78, 5) is 27.0. The van der Waals surface area contributed by atoms with Gasteiger partial charge in [0.2, 0.25) is 5.91 Å². The van der Waals surface area contributed by atoms with E-state index in [1.54, 1.807) is 17.9 Å². The van der Waals surface area contributed by atoms with Crippen molar-refractivity contribution in [3.05, 3.63) is 58.0 Å². The van der Waals surface area contributed by atoms with Gasteiger partial charge in [-0.2, -0.15) is 5.26 Å². The second kappa shape index (κ2) is 8.97. The van der Waals surface area contributed by atoms with Crippen molar-refractivity contribution in [3.8, 4) is 6.07 Å². The number of nitrogens with one attached hydrogen (secondary N) is 1. The molecule has 26 heavy (non-hydrogen) atoms. The van der Waals surface area contributed by atoms with Crippen molar-refractivity contribution in [3.63, 3.8) is 0 Å². The first-order valence-corrected chi connectivity index (χ1v) is 9.20. The van der Waals surface area contributed by atoms with Crippen LogP contribution in [0.2, 0.25) is 0 Å². The number of carbonyl (C=O) groups is 2. The zero-order valence-corrected chi connectivity index (χ0v) is 15.9. The van der Waals surface area contributed by atoms with Crippen LogP contribution in [0, 0.1) is 18.3 Å². The van der Waals surface area contributed by atoms with Crippen LogP contribution in [0.4, 0.5) is 5.00 Å². The lowest BCUT2D eigenvalue weighted by Crippen LogP contribution is -2.30. The standard InChI is InChI=1S/C20H21N3O2S/c1-4-23(5-2)20(25)18-14(3)16(13-21)19(26-18)22-17(24)12-11-15-9-7-6-8-10-15/h6-12H,4-5H2,1-3H3,(H,22,24)/b12-11+. The Morgan fingerprint density at radius 3 is 2.46 bits per heavy atom. The first kappa shape index (κ1) is 19.4. The molecule has 0 bridgehead atoms. The number of hydrogen-bond donors (Lipinski definition) is 1. The number of nitriles is 1. The predicted octanol–water partition coefficient (Wildman–Crippen LogP) is 4.06. The summed E-state index contributed by atoms with van der Waals surface area (Å²) in [5, 5.41) is 12.6. The van der Waals surface area contributed by atoms with E-state index in [0.717, 1.165) is 16.9 Å². The van der Waals surface area contributed by atoms with Crippen LogP contribution in [-0.2, 0) is 4.79 Å². The van der Waals surface area contributed by atoms with Crippen LogP contribution in [0.15, 0.2) is 36.4 Å². The third kappa shape index (κ3) is 4.38. The summed E-state index contributed by atoms with van der Waals surface area (Å²) >= 11 is 1.15.